The number of hydrogen-bond donors (Lipinski definition) is 5. The standard InChI is InChI=1S/C9H22N4O2/c1-10-2-3-11-4-5-12-6-7-13-8-9(14)15/h10-13H,2-8H2,1H3,(H,14,15). The lowest BCUT2D eigenvalue weighted by Gasteiger charge is -2.06. The summed E-state index contributed by atoms with van der Waals surface area (Å²) in [5.74, 6) is -0.816. The van der Waals surface area contributed by atoms with Gasteiger partial charge in [-0.3, -0.25) is 4.79 Å². The Balaban J connectivity index is 2.89. The quantitative estimate of drug-likeness (QED) is 0.259. The molecule has 6 nitrogen and oxygen atoms in total. The van der Waals surface area contributed by atoms with Gasteiger partial charge < -0.3 is 26.4 Å². The Bertz CT molecular complexity index is 155. The molecule has 0 radical (unpaired) electrons. The predicted octanol–water partition coefficient (Wildman–Crippen LogP) is -1.94. The van der Waals surface area contributed by atoms with Gasteiger partial charge in [0, 0.05) is 39.3 Å². The first kappa shape index (κ1) is 14.3. The van der Waals surface area contributed by atoms with Gasteiger partial charge in [-0.2, -0.15) is 0 Å². The second kappa shape index (κ2) is 11.4. The van der Waals surface area contributed by atoms with E-state index in [9.17, 15) is 4.79 Å². The van der Waals surface area contributed by atoms with Crippen molar-refractivity contribution in [1.82, 2.24) is 21.3 Å². The van der Waals surface area contributed by atoms with Gasteiger partial charge in [-0.1, -0.05) is 0 Å². The Kier molecular flexibility index (Phi) is 10.9. The fourth-order valence-electron chi connectivity index (χ4n) is 1.01. The molecule has 0 aromatic carbocycles. The third kappa shape index (κ3) is 13.3. The summed E-state index contributed by atoms with van der Waals surface area (Å²) in [5.41, 5.74) is 0. The van der Waals surface area contributed by atoms with E-state index in [0.717, 1.165) is 32.7 Å². The molecule has 5 N–H and O–H groups in total. The Labute approximate surface area is 90.8 Å². The van der Waals surface area contributed by atoms with Gasteiger partial charge in [-0.15, -0.1) is 0 Å². The van der Waals surface area contributed by atoms with Crippen molar-refractivity contribution < 1.29 is 9.90 Å². The third-order valence-corrected chi connectivity index (χ3v) is 1.79. The minimum Gasteiger partial charge on any atom is -0.480 e. The number of carboxylic acids is 1. The lowest BCUT2D eigenvalue weighted by atomic mass is 10.5. The van der Waals surface area contributed by atoms with E-state index in [0.29, 0.717) is 6.54 Å². The summed E-state index contributed by atoms with van der Waals surface area (Å²) in [6.07, 6.45) is 0. The lowest BCUT2D eigenvalue weighted by Crippen LogP contribution is -2.35. The number of rotatable bonds is 11. The minimum atomic E-state index is -0.816. The zero-order chi connectivity index (χ0) is 11.4. The van der Waals surface area contributed by atoms with Crippen molar-refractivity contribution in [2.75, 3.05) is 52.9 Å². The normalized spacial score (nSPS) is 10.5. The van der Waals surface area contributed by atoms with Crippen LogP contribution < -0.4 is 21.3 Å². The van der Waals surface area contributed by atoms with Crippen LogP contribution in [0.4, 0.5) is 0 Å². The molecule has 0 aromatic rings. The van der Waals surface area contributed by atoms with Crippen molar-refractivity contribution in [3.63, 3.8) is 0 Å². The van der Waals surface area contributed by atoms with Crippen molar-refractivity contribution in [3.05, 3.63) is 0 Å². The summed E-state index contributed by atoms with van der Waals surface area (Å²) in [5, 5.41) is 20.6. The van der Waals surface area contributed by atoms with Gasteiger partial charge in [0.25, 0.3) is 0 Å². The average molecular weight is 218 g/mol. The smallest absolute Gasteiger partial charge is 0.317 e. The number of carbonyl (C=O) groups is 1. The zero-order valence-corrected chi connectivity index (χ0v) is 9.31. The van der Waals surface area contributed by atoms with Gasteiger partial charge in [0.2, 0.25) is 0 Å². The van der Waals surface area contributed by atoms with Gasteiger partial charge in [0.15, 0.2) is 0 Å². The fraction of sp³-hybridized carbons (Fsp3) is 0.889. The second-order valence-electron chi connectivity index (χ2n) is 3.17. The van der Waals surface area contributed by atoms with Crippen LogP contribution in [0, 0.1) is 0 Å². The average Bonchev–Trinajstić information content (AvgIpc) is 2.20. The molecule has 0 aliphatic rings. The Hall–Kier alpha value is -0.690. The lowest BCUT2D eigenvalue weighted by molar-refractivity contribution is -0.135. The highest BCUT2D eigenvalue weighted by atomic mass is 16.4. The van der Waals surface area contributed by atoms with Gasteiger partial charge >= 0.3 is 5.97 Å². The molecule has 0 amide bonds. The fourth-order valence-corrected chi connectivity index (χ4v) is 1.01. The summed E-state index contributed by atoms with van der Waals surface area (Å²) in [6, 6.07) is 0. The largest absolute Gasteiger partial charge is 0.480 e. The second-order valence-corrected chi connectivity index (χ2v) is 3.17. The minimum absolute atomic E-state index is 0.0299. The van der Waals surface area contributed by atoms with Crippen LogP contribution in [0.25, 0.3) is 0 Å². The summed E-state index contributed by atoms with van der Waals surface area (Å²) in [6.45, 7) is 5.28. The maximum Gasteiger partial charge on any atom is 0.317 e. The van der Waals surface area contributed by atoms with E-state index in [1.165, 1.54) is 0 Å². The molecular formula is C9H22N4O2. The van der Waals surface area contributed by atoms with Crippen LogP contribution in [0.3, 0.4) is 0 Å². The molecule has 0 bridgehead atoms. The maximum absolute atomic E-state index is 10.1. The maximum atomic E-state index is 10.1. The van der Waals surface area contributed by atoms with E-state index in [1.807, 2.05) is 7.05 Å². The van der Waals surface area contributed by atoms with Crippen molar-refractivity contribution in [2.24, 2.45) is 0 Å². The number of likely N-dealkylation sites (N-methyl/N-ethyl adjacent to an activating group) is 1. The molecule has 0 fully saturated rings. The molecule has 0 saturated heterocycles. The topological polar surface area (TPSA) is 85.4 Å². The molecule has 0 aliphatic carbocycles. The summed E-state index contributed by atoms with van der Waals surface area (Å²) < 4.78 is 0. The number of hydrogen-bond acceptors (Lipinski definition) is 5. The molecule has 0 rings (SSSR count). The van der Waals surface area contributed by atoms with Gasteiger partial charge in [-0.25, -0.2) is 0 Å². The number of aliphatic carboxylic acids is 1. The molecule has 90 valence electrons. The van der Waals surface area contributed by atoms with Crippen LogP contribution in [-0.4, -0.2) is 63.9 Å². The number of nitrogens with one attached hydrogen (secondary N) is 4. The van der Waals surface area contributed by atoms with Crippen molar-refractivity contribution in [2.45, 2.75) is 0 Å². The zero-order valence-electron chi connectivity index (χ0n) is 9.31. The van der Waals surface area contributed by atoms with Crippen molar-refractivity contribution >= 4 is 5.97 Å². The van der Waals surface area contributed by atoms with Gasteiger partial charge in [-0.05, 0) is 7.05 Å². The Morgan fingerprint density at radius 2 is 1.40 bits per heavy atom. The van der Waals surface area contributed by atoms with Crippen LogP contribution >= 0.6 is 0 Å². The van der Waals surface area contributed by atoms with Crippen LogP contribution in [-0.2, 0) is 4.79 Å². The molecule has 0 aliphatic heterocycles. The molecule has 0 heterocycles. The molecule has 0 unspecified atom stereocenters. The number of carboxylic acid groups (broad SMARTS) is 1. The summed E-state index contributed by atoms with van der Waals surface area (Å²) >= 11 is 0. The van der Waals surface area contributed by atoms with E-state index in [-0.39, 0.29) is 6.54 Å². The first-order chi connectivity index (χ1) is 7.27. The van der Waals surface area contributed by atoms with Crippen LogP contribution in [0.1, 0.15) is 0 Å². The van der Waals surface area contributed by atoms with E-state index < -0.39 is 5.97 Å². The van der Waals surface area contributed by atoms with E-state index >= 15 is 0 Å². The van der Waals surface area contributed by atoms with E-state index in [1.54, 1.807) is 0 Å². The first-order valence-electron chi connectivity index (χ1n) is 5.26. The van der Waals surface area contributed by atoms with Crippen LogP contribution in [0.15, 0.2) is 0 Å². The molecule has 0 atom stereocenters. The molecule has 0 saturated carbocycles. The van der Waals surface area contributed by atoms with Crippen LogP contribution in [0.2, 0.25) is 0 Å². The van der Waals surface area contributed by atoms with Gasteiger partial charge in [0.1, 0.15) is 0 Å². The first-order valence-corrected chi connectivity index (χ1v) is 5.26. The Morgan fingerprint density at radius 1 is 0.933 bits per heavy atom. The van der Waals surface area contributed by atoms with Crippen molar-refractivity contribution in [1.29, 1.82) is 0 Å². The third-order valence-electron chi connectivity index (χ3n) is 1.79. The molecule has 15 heavy (non-hydrogen) atoms. The monoisotopic (exact) mass is 218 g/mol. The molecule has 0 spiro atoms. The predicted molar refractivity (Wildman–Crippen MR) is 60.2 cm³/mol. The highest BCUT2D eigenvalue weighted by Gasteiger charge is 1.93. The van der Waals surface area contributed by atoms with E-state index in [4.69, 9.17) is 5.11 Å². The highest BCUT2D eigenvalue weighted by molar-refractivity contribution is 5.68. The molecular weight excluding hydrogens is 196 g/mol. The SMILES string of the molecule is CNCCNCCNCCNCC(=O)O. The summed E-state index contributed by atoms with van der Waals surface area (Å²) in [4.78, 5) is 10.1. The van der Waals surface area contributed by atoms with E-state index in [2.05, 4.69) is 21.3 Å². The van der Waals surface area contributed by atoms with Crippen molar-refractivity contribution in [3.8, 4) is 0 Å². The molecule has 6 heteroatoms. The van der Waals surface area contributed by atoms with Gasteiger partial charge in [0.05, 0.1) is 6.54 Å². The summed E-state index contributed by atoms with van der Waals surface area (Å²) in [7, 11) is 1.92. The Morgan fingerprint density at radius 3 is 1.87 bits per heavy atom. The van der Waals surface area contributed by atoms with Crippen LogP contribution in [0.5, 0.6) is 0 Å². The molecule has 0 aromatic heterocycles. The highest BCUT2D eigenvalue weighted by Crippen LogP contribution is 1.63.